The highest BCUT2D eigenvalue weighted by atomic mass is 16.1. The average Bonchev–Trinajstić information content (AvgIpc) is 2.76. The molecular weight excluding hydrogens is 218 g/mol. The Morgan fingerprint density at radius 3 is 2.88 bits per heavy atom. The first-order valence-electron chi connectivity index (χ1n) is 5.30. The molecule has 2 N–H and O–H groups in total. The quantitative estimate of drug-likeness (QED) is 0.801. The number of nitrogens with one attached hydrogen (secondary N) is 2. The summed E-state index contributed by atoms with van der Waals surface area (Å²) in [6.07, 6.45) is 6.95. The number of carbonyl (C=O) groups is 1. The Morgan fingerprint density at radius 2 is 2.24 bits per heavy atom. The topological polar surface area (TPSA) is 83.6 Å². The van der Waals surface area contributed by atoms with Crippen LogP contribution in [0.4, 0.5) is 0 Å². The monoisotopic (exact) mass is 231 g/mol. The van der Waals surface area contributed by atoms with Crippen molar-refractivity contribution in [2.75, 3.05) is 6.54 Å². The van der Waals surface area contributed by atoms with Gasteiger partial charge in [-0.1, -0.05) is 0 Å². The number of nitrogens with zero attached hydrogens (tertiary/aromatic N) is 3. The lowest BCUT2D eigenvalue weighted by Gasteiger charge is -2.02. The third kappa shape index (κ3) is 3.10. The summed E-state index contributed by atoms with van der Waals surface area (Å²) in [4.78, 5) is 26.5. The molecule has 0 spiro atoms. The third-order valence-corrected chi connectivity index (χ3v) is 2.23. The fourth-order valence-electron chi connectivity index (χ4n) is 1.42. The van der Waals surface area contributed by atoms with E-state index in [2.05, 4.69) is 25.3 Å². The summed E-state index contributed by atoms with van der Waals surface area (Å²) in [6, 6.07) is 0. The fraction of sp³-hybridized carbons (Fsp3) is 0.273. The minimum Gasteiger partial charge on any atom is -0.350 e. The molecule has 6 heteroatoms. The molecule has 88 valence electrons. The van der Waals surface area contributed by atoms with E-state index in [0.29, 0.717) is 18.7 Å². The maximum atomic E-state index is 11.6. The van der Waals surface area contributed by atoms with Crippen LogP contribution in [0.25, 0.3) is 0 Å². The van der Waals surface area contributed by atoms with Crippen LogP contribution in [0, 0.1) is 6.92 Å². The molecule has 0 saturated heterocycles. The van der Waals surface area contributed by atoms with Gasteiger partial charge in [0.25, 0.3) is 5.91 Å². The largest absolute Gasteiger partial charge is 0.350 e. The van der Waals surface area contributed by atoms with Crippen LogP contribution in [-0.4, -0.2) is 32.4 Å². The summed E-state index contributed by atoms with van der Waals surface area (Å²) in [5.74, 6) is 0.662. The molecule has 0 aromatic carbocycles. The molecule has 0 aliphatic carbocycles. The van der Waals surface area contributed by atoms with Gasteiger partial charge in [-0.15, -0.1) is 0 Å². The van der Waals surface area contributed by atoms with E-state index in [1.807, 2.05) is 6.92 Å². The Kier molecular flexibility index (Phi) is 3.44. The van der Waals surface area contributed by atoms with Gasteiger partial charge in [0.1, 0.15) is 11.5 Å². The number of aromatic nitrogens is 4. The number of imidazole rings is 1. The van der Waals surface area contributed by atoms with Crippen LogP contribution >= 0.6 is 0 Å². The Hall–Kier alpha value is -2.24. The molecule has 0 radical (unpaired) electrons. The number of carbonyl (C=O) groups excluding carboxylic acids is 1. The van der Waals surface area contributed by atoms with Gasteiger partial charge in [0, 0.05) is 37.3 Å². The summed E-state index contributed by atoms with van der Waals surface area (Å²) in [5.41, 5.74) is 1.33. The summed E-state index contributed by atoms with van der Waals surface area (Å²) < 4.78 is 0. The van der Waals surface area contributed by atoms with E-state index < -0.39 is 0 Å². The molecule has 2 rings (SSSR count). The Bertz CT molecular complexity index is 494. The second-order valence-electron chi connectivity index (χ2n) is 3.59. The highest BCUT2D eigenvalue weighted by Gasteiger charge is 2.05. The number of rotatable bonds is 4. The number of hydrogen-bond acceptors (Lipinski definition) is 4. The second kappa shape index (κ2) is 5.20. The van der Waals surface area contributed by atoms with Crippen molar-refractivity contribution >= 4 is 5.91 Å². The highest BCUT2D eigenvalue weighted by Crippen LogP contribution is 1.96. The van der Waals surface area contributed by atoms with Gasteiger partial charge < -0.3 is 10.3 Å². The Balaban J connectivity index is 1.81. The van der Waals surface area contributed by atoms with Crippen molar-refractivity contribution in [3.8, 4) is 0 Å². The minimum absolute atomic E-state index is 0.214. The van der Waals surface area contributed by atoms with Crippen LogP contribution in [0.1, 0.15) is 22.0 Å². The molecule has 0 aliphatic heterocycles. The van der Waals surface area contributed by atoms with Crippen LogP contribution in [0.5, 0.6) is 0 Å². The van der Waals surface area contributed by atoms with Gasteiger partial charge in [0.05, 0.1) is 6.20 Å². The standard InChI is InChI=1S/C11H13N5O/c1-8-15-6-9(16-8)2-3-14-11(17)10-7-12-4-5-13-10/h4-7H,2-3H2,1H3,(H,14,17)(H,15,16). The summed E-state index contributed by atoms with van der Waals surface area (Å²) in [7, 11) is 0. The predicted molar refractivity (Wildman–Crippen MR) is 61.4 cm³/mol. The van der Waals surface area contributed by atoms with Crippen molar-refractivity contribution < 1.29 is 4.79 Å². The number of aryl methyl sites for hydroxylation is 1. The number of hydrogen-bond donors (Lipinski definition) is 2. The summed E-state index contributed by atoms with van der Waals surface area (Å²) >= 11 is 0. The van der Waals surface area contributed by atoms with Gasteiger partial charge in [-0.2, -0.15) is 0 Å². The van der Waals surface area contributed by atoms with Crippen LogP contribution in [0.3, 0.4) is 0 Å². The van der Waals surface area contributed by atoms with Crippen molar-refractivity contribution in [1.82, 2.24) is 25.3 Å². The van der Waals surface area contributed by atoms with Gasteiger partial charge in [0.2, 0.25) is 0 Å². The lowest BCUT2D eigenvalue weighted by Crippen LogP contribution is -2.26. The normalized spacial score (nSPS) is 10.2. The number of H-pyrrole nitrogens is 1. The van der Waals surface area contributed by atoms with Gasteiger partial charge in [0.15, 0.2) is 0 Å². The zero-order chi connectivity index (χ0) is 12.1. The molecule has 6 nitrogen and oxygen atoms in total. The van der Waals surface area contributed by atoms with Crippen molar-refractivity contribution in [2.24, 2.45) is 0 Å². The van der Waals surface area contributed by atoms with E-state index in [1.165, 1.54) is 18.6 Å². The first kappa shape index (κ1) is 11.3. The van der Waals surface area contributed by atoms with E-state index in [-0.39, 0.29) is 5.91 Å². The van der Waals surface area contributed by atoms with Gasteiger partial charge in [-0.25, -0.2) is 9.97 Å². The molecule has 0 aliphatic rings. The van der Waals surface area contributed by atoms with E-state index in [0.717, 1.165) is 11.5 Å². The molecule has 0 atom stereocenters. The van der Waals surface area contributed by atoms with Gasteiger partial charge in [-0.05, 0) is 6.92 Å². The maximum absolute atomic E-state index is 11.6. The SMILES string of the molecule is Cc1ncc(CCNC(=O)c2cnccn2)[nH]1. The van der Waals surface area contributed by atoms with E-state index in [1.54, 1.807) is 6.20 Å². The van der Waals surface area contributed by atoms with Gasteiger partial charge in [-0.3, -0.25) is 9.78 Å². The molecule has 1 amide bonds. The van der Waals surface area contributed by atoms with Crippen molar-refractivity contribution in [1.29, 1.82) is 0 Å². The molecule has 0 saturated carbocycles. The zero-order valence-corrected chi connectivity index (χ0v) is 9.47. The molecule has 0 fully saturated rings. The predicted octanol–water partition coefficient (Wildman–Crippen LogP) is 0.481. The molecule has 2 aromatic rings. The molecular formula is C11H13N5O. The van der Waals surface area contributed by atoms with Crippen LogP contribution in [-0.2, 0) is 6.42 Å². The smallest absolute Gasteiger partial charge is 0.271 e. The van der Waals surface area contributed by atoms with Gasteiger partial charge >= 0.3 is 0 Å². The lowest BCUT2D eigenvalue weighted by atomic mass is 10.3. The van der Waals surface area contributed by atoms with Crippen LogP contribution < -0.4 is 5.32 Å². The summed E-state index contributed by atoms with van der Waals surface area (Å²) in [5, 5.41) is 2.77. The molecule has 0 unspecified atom stereocenters. The molecule has 17 heavy (non-hydrogen) atoms. The first-order valence-corrected chi connectivity index (χ1v) is 5.30. The van der Waals surface area contributed by atoms with Crippen molar-refractivity contribution in [3.63, 3.8) is 0 Å². The first-order chi connectivity index (χ1) is 8.25. The third-order valence-electron chi connectivity index (χ3n) is 2.23. The van der Waals surface area contributed by atoms with E-state index in [4.69, 9.17) is 0 Å². The van der Waals surface area contributed by atoms with Crippen molar-refractivity contribution in [2.45, 2.75) is 13.3 Å². The number of aromatic amines is 1. The molecule has 2 heterocycles. The van der Waals surface area contributed by atoms with Crippen LogP contribution in [0.2, 0.25) is 0 Å². The Labute approximate surface area is 98.5 Å². The maximum Gasteiger partial charge on any atom is 0.271 e. The van der Waals surface area contributed by atoms with E-state index >= 15 is 0 Å². The number of amides is 1. The molecule has 0 bridgehead atoms. The molecule has 2 aromatic heterocycles. The Morgan fingerprint density at radius 1 is 1.35 bits per heavy atom. The highest BCUT2D eigenvalue weighted by molar-refractivity contribution is 5.91. The second-order valence-corrected chi connectivity index (χ2v) is 3.59. The minimum atomic E-state index is -0.214. The average molecular weight is 231 g/mol. The fourth-order valence-corrected chi connectivity index (χ4v) is 1.42. The van der Waals surface area contributed by atoms with Crippen LogP contribution in [0.15, 0.2) is 24.8 Å². The lowest BCUT2D eigenvalue weighted by molar-refractivity contribution is 0.0948. The van der Waals surface area contributed by atoms with E-state index in [9.17, 15) is 4.79 Å². The zero-order valence-electron chi connectivity index (χ0n) is 9.47. The summed E-state index contributed by atoms with van der Waals surface area (Å²) in [6.45, 7) is 2.43. The van der Waals surface area contributed by atoms with Crippen molar-refractivity contribution in [3.05, 3.63) is 42.0 Å².